The number of para-hydroxylation sites is 1. The van der Waals surface area contributed by atoms with E-state index in [2.05, 4.69) is 159 Å². The van der Waals surface area contributed by atoms with Crippen molar-refractivity contribution in [3.8, 4) is 22.5 Å². The van der Waals surface area contributed by atoms with Crippen molar-refractivity contribution in [2.24, 2.45) is 0 Å². The van der Waals surface area contributed by atoms with Crippen LogP contribution in [0.3, 0.4) is 0 Å². The molecule has 0 saturated heterocycles. The van der Waals surface area contributed by atoms with Crippen molar-refractivity contribution in [2.75, 3.05) is 0 Å². The van der Waals surface area contributed by atoms with Gasteiger partial charge in [-0.3, -0.25) is 0 Å². The van der Waals surface area contributed by atoms with Gasteiger partial charge < -0.3 is 4.42 Å². The summed E-state index contributed by atoms with van der Waals surface area (Å²) in [5, 5.41) is 7.36. The molecule has 0 amide bonds. The van der Waals surface area contributed by atoms with Crippen molar-refractivity contribution >= 4 is 43.5 Å². The molecular formula is C42H36N2O+2. The molecule has 218 valence electrons. The highest BCUT2D eigenvalue weighted by molar-refractivity contribution is 6.09. The third-order valence-electron chi connectivity index (χ3n) is 9.23. The highest BCUT2D eigenvalue weighted by Gasteiger charge is 2.32. The lowest BCUT2D eigenvalue weighted by Gasteiger charge is -2.17. The van der Waals surface area contributed by atoms with E-state index >= 15 is 0 Å². The van der Waals surface area contributed by atoms with Gasteiger partial charge in [0, 0.05) is 34.5 Å². The number of benzene rings is 5. The van der Waals surface area contributed by atoms with Crippen LogP contribution in [0.5, 0.6) is 0 Å². The zero-order valence-corrected chi connectivity index (χ0v) is 26.4. The Balaban J connectivity index is 1.40. The predicted molar refractivity (Wildman–Crippen MR) is 185 cm³/mol. The molecule has 0 aliphatic carbocycles. The highest BCUT2D eigenvalue weighted by Crippen LogP contribution is 2.35. The maximum Gasteiger partial charge on any atom is 0.284 e. The number of nitrogens with zero attached hydrogens (tertiary/aromatic N) is 2. The Morgan fingerprint density at radius 2 is 1.20 bits per heavy atom. The number of aromatic nitrogens is 2. The van der Waals surface area contributed by atoms with Crippen molar-refractivity contribution in [2.45, 2.75) is 40.0 Å². The highest BCUT2D eigenvalue weighted by atomic mass is 16.3. The van der Waals surface area contributed by atoms with Gasteiger partial charge in [0.25, 0.3) is 11.4 Å². The Hall–Kier alpha value is -5.28. The summed E-state index contributed by atoms with van der Waals surface area (Å²) >= 11 is 0. The van der Waals surface area contributed by atoms with Gasteiger partial charge in [0.2, 0.25) is 12.4 Å². The summed E-state index contributed by atoms with van der Waals surface area (Å²) in [5.74, 6) is 0. The molecule has 0 aliphatic rings. The molecule has 0 spiro atoms. The third kappa shape index (κ3) is 4.50. The van der Waals surface area contributed by atoms with Crippen molar-refractivity contribution in [1.82, 2.24) is 0 Å². The van der Waals surface area contributed by atoms with Crippen molar-refractivity contribution < 1.29 is 13.8 Å². The molecule has 0 aliphatic heterocycles. The Kier molecular flexibility index (Phi) is 6.15. The summed E-state index contributed by atoms with van der Waals surface area (Å²) in [6, 6.07) is 41.6. The molecule has 5 aromatic carbocycles. The number of fused-ring (bicyclic) bond motifs is 6. The van der Waals surface area contributed by atoms with E-state index < -0.39 is 0 Å². The molecule has 3 nitrogen and oxygen atoms in total. The lowest BCUT2D eigenvalue weighted by atomic mass is 9.88. The maximum atomic E-state index is 6.36. The van der Waals surface area contributed by atoms with E-state index in [-0.39, 0.29) is 5.41 Å². The van der Waals surface area contributed by atoms with Crippen LogP contribution in [0.1, 0.15) is 37.5 Å². The largest absolute Gasteiger partial charge is 0.456 e. The number of hydrogen-bond donors (Lipinski definition) is 0. The molecule has 0 N–H and O–H groups in total. The molecule has 0 bridgehead atoms. The van der Waals surface area contributed by atoms with Crippen LogP contribution in [0.4, 0.5) is 0 Å². The Bertz CT molecular complexity index is 2440. The summed E-state index contributed by atoms with van der Waals surface area (Å²) in [6.45, 7) is 11.2. The van der Waals surface area contributed by atoms with Crippen LogP contribution in [0.2, 0.25) is 0 Å². The minimum Gasteiger partial charge on any atom is -0.456 e. The van der Waals surface area contributed by atoms with E-state index in [0.29, 0.717) is 0 Å². The first-order valence-corrected chi connectivity index (χ1v) is 15.7. The van der Waals surface area contributed by atoms with Crippen LogP contribution < -0.4 is 9.35 Å². The van der Waals surface area contributed by atoms with Gasteiger partial charge in [0.1, 0.15) is 11.2 Å². The number of furan rings is 1. The zero-order chi connectivity index (χ0) is 30.9. The molecule has 0 atom stereocenters. The van der Waals surface area contributed by atoms with Gasteiger partial charge >= 0.3 is 0 Å². The fourth-order valence-electron chi connectivity index (χ4n) is 6.76. The first-order valence-electron chi connectivity index (χ1n) is 15.7. The van der Waals surface area contributed by atoms with Crippen LogP contribution in [0.25, 0.3) is 66.0 Å². The lowest BCUT2D eigenvalue weighted by molar-refractivity contribution is -1.29. The summed E-state index contributed by atoms with van der Waals surface area (Å²) in [7, 11) is 0. The SMILES string of the molecule is Cc1cc2c(cc1-c1ccc(C(C)(C)C)c[n+]1-[n+]1ccccc1-c1cc3c(ccc4ccccc43)cc1C)oc1ccccc12. The molecule has 8 rings (SSSR count). The van der Waals surface area contributed by atoms with Gasteiger partial charge in [-0.2, -0.15) is 0 Å². The smallest absolute Gasteiger partial charge is 0.284 e. The van der Waals surface area contributed by atoms with Crippen molar-refractivity contribution in [1.29, 1.82) is 0 Å². The van der Waals surface area contributed by atoms with Crippen LogP contribution in [0, 0.1) is 13.8 Å². The summed E-state index contributed by atoms with van der Waals surface area (Å²) < 4.78 is 11.0. The fourth-order valence-corrected chi connectivity index (χ4v) is 6.76. The lowest BCUT2D eigenvalue weighted by Crippen LogP contribution is -2.68. The van der Waals surface area contributed by atoms with Gasteiger partial charge in [0.05, 0.1) is 20.5 Å². The van der Waals surface area contributed by atoms with Gasteiger partial charge in [0.15, 0.2) is 0 Å². The maximum absolute atomic E-state index is 6.36. The summed E-state index contributed by atoms with van der Waals surface area (Å²) in [5.41, 5.74) is 10.1. The van der Waals surface area contributed by atoms with Crippen LogP contribution in [-0.2, 0) is 5.41 Å². The first kappa shape index (κ1) is 27.3. The quantitative estimate of drug-likeness (QED) is 0.150. The van der Waals surface area contributed by atoms with E-state index in [0.717, 1.165) is 38.9 Å². The van der Waals surface area contributed by atoms with Crippen LogP contribution in [-0.4, -0.2) is 0 Å². The molecule has 0 saturated carbocycles. The molecular weight excluding hydrogens is 548 g/mol. The molecule has 45 heavy (non-hydrogen) atoms. The molecule has 0 fully saturated rings. The van der Waals surface area contributed by atoms with Gasteiger partial charge in [-0.25, -0.2) is 0 Å². The Morgan fingerprint density at radius 1 is 0.511 bits per heavy atom. The van der Waals surface area contributed by atoms with E-state index in [4.69, 9.17) is 4.42 Å². The standard InChI is InChI=1S/C42H36N2O/c1-27-22-30-18-17-29-12-6-7-13-32(29)36(30)24-34(27)38-15-10-11-21-43(38)44-26-31(42(3,4)5)19-20-39(44)35-25-41-37(23-28(35)2)33-14-8-9-16-40(33)45-41/h6-26H,1-5H3/q+2. The molecule has 8 aromatic rings. The van der Waals surface area contributed by atoms with E-state index in [1.54, 1.807) is 0 Å². The average Bonchev–Trinajstić information content (AvgIpc) is 3.40. The fraction of sp³-hybridized carbons (Fsp3) is 0.143. The first-order chi connectivity index (χ1) is 21.8. The predicted octanol–water partition coefficient (Wildman–Crippen LogP) is 10.0. The molecule has 0 unspecified atom stereocenters. The summed E-state index contributed by atoms with van der Waals surface area (Å²) in [6.07, 6.45) is 4.47. The Morgan fingerprint density at radius 3 is 2.04 bits per heavy atom. The average molecular weight is 585 g/mol. The molecule has 3 heterocycles. The number of hydrogen-bond acceptors (Lipinski definition) is 1. The van der Waals surface area contributed by atoms with E-state index in [1.165, 1.54) is 43.8 Å². The molecule has 3 heteroatoms. The molecule has 3 aromatic heterocycles. The van der Waals surface area contributed by atoms with Crippen LogP contribution >= 0.6 is 0 Å². The van der Waals surface area contributed by atoms with E-state index in [9.17, 15) is 0 Å². The second kappa shape index (κ2) is 10.1. The van der Waals surface area contributed by atoms with Gasteiger partial charge in [-0.15, -0.1) is 0 Å². The number of rotatable bonds is 3. The Labute approximate surface area is 263 Å². The minimum absolute atomic E-state index is 0.0225. The third-order valence-corrected chi connectivity index (χ3v) is 9.23. The topological polar surface area (TPSA) is 20.9 Å². The van der Waals surface area contributed by atoms with Gasteiger partial charge in [-0.05, 0) is 88.3 Å². The summed E-state index contributed by atoms with van der Waals surface area (Å²) in [4.78, 5) is 0. The number of aryl methyl sites for hydroxylation is 2. The zero-order valence-electron chi connectivity index (χ0n) is 26.4. The minimum atomic E-state index is -0.0225. The van der Waals surface area contributed by atoms with Crippen molar-refractivity contribution in [3.63, 3.8) is 0 Å². The monoisotopic (exact) mass is 584 g/mol. The second-order valence-corrected chi connectivity index (χ2v) is 13.3. The normalized spacial score (nSPS) is 12.1. The van der Waals surface area contributed by atoms with E-state index in [1.807, 2.05) is 12.1 Å². The van der Waals surface area contributed by atoms with Crippen molar-refractivity contribution in [3.05, 3.63) is 144 Å². The second-order valence-electron chi connectivity index (χ2n) is 13.3. The molecule has 0 radical (unpaired) electrons. The number of pyridine rings is 2. The van der Waals surface area contributed by atoms with Gasteiger partial charge in [-0.1, -0.05) is 81.4 Å². The van der Waals surface area contributed by atoms with Crippen LogP contribution in [0.15, 0.2) is 132 Å².